The van der Waals surface area contributed by atoms with Gasteiger partial charge in [-0.1, -0.05) is 35.0 Å². The number of carbonyl (C=O) groups is 1. The lowest BCUT2D eigenvalue weighted by atomic mass is 9.95. The molecule has 162 valence electrons. The average molecular weight is 469 g/mol. The number of hydrogen-bond donors (Lipinski definition) is 0. The van der Waals surface area contributed by atoms with Crippen LogP contribution < -0.4 is 9.04 Å². The van der Waals surface area contributed by atoms with Crippen LogP contribution in [-0.4, -0.2) is 26.6 Å². The highest BCUT2D eigenvalue weighted by molar-refractivity contribution is 7.93. The predicted octanol–water partition coefficient (Wildman–Crippen LogP) is 5.12. The third-order valence-electron chi connectivity index (χ3n) is 5.60. The minimum atomic E-state index is -4.31. The normalized spacial score (nSPS) is 13.2. The first-order valence-corrected chi connectivity index (χ1v) is 11.5. The molecule has 1 aromatic heterocycles. The minimum Gasteiger partial charge on any atom is -0.495 e. The van der Waals surface area contributed by atoms with Crippen LogP contribution in [0.25, 0.3) is 21.9 Å². The summed E-state index contributed by atoms with van der Waals surface area (Å²) in [6, 6.07) is 12.9. The summed E-state index contributed by atoms with van der Waals surface area (Å²) in [7, 11) is -2.95. The Morgan fingerprint density at radius 2 is 1.84 bits per heavy atom. The van der Waals surface area contributed by atoms with Gasteiger partial charge in [-0.15, -0.1) is 0 Å². The number of aromatic nitrogens is 1. The Morgan fingerprint density at radius 3 is 2.53 bits per heavy atom. The van der Waals surface area contributed by atoms with E-state index >= 15 is 0 Å². The standard InChI is InChI=1S/C23H17ClN2O5S/c1-12-21(13(2)31-25-12)16-8-9-18-22-15(16)5-4-6-17(22)23(27)26(18)32(28,29)20-11-14(24)7-10-19(20)30-3/h4-11H,1-3H3. The van der Waals surface area contributed by atoms with Gasteiger partial charge in [0.1, 0.15) is 16.4 Å². The van der Waals surface area contributed by atoms with Crippen LogP contribution in [0.3, 0.4) is 0 Å². The van der Waals surface area contributed by atoms with E-state index in [1.54, 1.807) is 24.3 Å². The highest BCUT2D eigenvalue weighted by atomic mass is 35.5. The van der Waals surface area contributed by atoms with Crippen molar-refractivity contribution in [1.82, 2.24) is 5.16 Å². The van der Waals surface area contributed by atoms with Crippen molar-refractivity contribution in [3.63, 3.8) is 0 Å². The van der Waals surface area contributed by atoms with Crippen LogP contribution in [0.1, 0.15) is 21.8 Å². The van der Waals surface area contributed by atoms with Crippen LogP contribution in [0.2, 0.25) is 5.02 Å². The van der Waals surface area contributed by atoms with Crippen molar-refractivity contribution in [2.24, 2.45) is 0 Å². The summed E-state index contributed by atoms with van der Waals surface area (Å²) in [5.41, 5.74) is 2.92. The summed E-state index contributed by atoms with van der Waals surface area (Å²) in [5.74, 6) is 0.103. The van der Waals surface area contributed by atoms with E-state index in [1.165, 1.54) is 25.3 Å². The highest BCUT2D eigenvalue weighted by Crippen LogP contribution is 2.45. The number of amides is 1. The van der Waals surface area contributed by atoms with Gasteiger partial charge >= 0.3 is 0 Å². The first-order chi connectivity index (χ1) is 15.3. The number of sulfonamides is 1. The summed E-state index contributed by atoms with van der Waals surface area (Å²) in [5, 5.41) is 5.53. The van der Waals surface area contributed by atoms with E-state index in [1.807, 2.05) is 19.9 Å². The van der Waals surface area contributed by atoms with Crippen LogP contribution in [0.5, 0.6) is 5.75 Å². The molecule has 0 fully saturated rings. The molecule has 0 radical (unpaired) electrons. The van der Waals surface area contributed by atoms with Gasteiger partial charge in [0.2, 0.25) is 0 Å². The molecule has 32 heavy (non-hydrogen) atoms. The predicted molar refractivity (Wildman–Crippen MR) is 121 cm³/mol. The van der Waals surface area contributed by atoms with E-state index in [4.69, 9.17) is 20.9 Å². The summed E-state index contributed by atoms with van der Waals surface area (Å²) < 4.78 is 38.7. The van der Waals surface area contributed by atoms with Crippen molar-refractivity contribution in [2.45, 2.75) is 18.7 Å². The van der Waals surface area contributed by atoms with Gasteiger partial charge in [0.25, 0.3) is 15.9 Å². The summed E-state index contributed by atoms with van der Waals surface area (Å²) in [6.45, 7) is 3.65. The average Bonchev–Trinajstić information content (AvgIpc) is 3.26. The number of methoxy groups -OCH3 is 1. The monoisotopic (exact) mass is 468 g/mol. The molecule has 7 nitrogen and oxygen atoms in total. The molecule has 5 rings (SSSR count). The van der Waals surface area contributed by atoms with Crippen LogP contribution >= 0.6 is 11.6 Å². The molecule has 1 amide bonds. The quantitative estimate of drug-likeness (QED) is 0.413. The van der Waals surface area contributed by atoms with Crippen molar-refractivity contribution in [3.8, 4) is 16.9 Å². The number of carbonyl (C=O) groups excluding carboxylic acids is 1. The fourth-order valence-corrected chi connectivity index (χ4v) is 6.07. The first-order valence-electron chi connectivity index (χ1n) is 9.68. The third-order valence-corrected chi connectivity index (χ3v) is 7.55. The van der Waals surface area contributed by atoms with E-state index in [0.29, 0.717) is 22.4 Å². The molecule has 0 unspecified atom stereocenters. The zero-order valence-corrected chi connectivity index (χ0v) is 18.9. The number of nitrogens with zero attached hydrogens (tertiary/aromatic N) is 2. The Morgan fingerprint density at radius 1 is 1.06 bits per heavy atom. The van der Waals surface area contributed by atoms with Crippen LogP contribution in [0.4, 0.5) is 5.69 Å². The van der Waals surface area contributed by atoms with Crippen LogP contribution in [0.15, 0.2) is 57.9 Å². The number of halogens is 1. The van der Waals surface area contributed by atoms with Gasteiger partial charge < -0.3 is 9.26 Å². The Labute approximate surface area is 189 Å². The molecule has 1 aliphatic rings. The van der Waals surface area contributed by atoms with Gasteiger partial charge in [0, 0.05) is 16.0 Å². The number of benzene rings is 3. The van der Waals surface area contributed by atoms with Crippen LogP contribution in [-0.2, 0) is 10.0 Å². The van der Waals surface area contributed by atoms with Crippen molar-refractivity contribution >= 4 is 44.0 Å². The van der Waals surface area contributed by atoms with Gasteiger partial charge in [-0.2, -0.15) is 4.31 Å². The van der Waals surface area contributed by atoms with E-state index < -0.39 is 15.9 Å². The second-order valence-electron chi connectivity index (χ2n) is 7.43. The highest BCUT2D eigenvalue weighted by Gasteiger charge is 2.41. The van der Waals surface area contributed by atoms with Gasteiger partial charge in [0.05, 0.1) is 24.1 Å². The molecule has 1 aliphatic heterocycles. The zero-order chi connectivity index (χ0) is 22.8. The fraction of sp³-hybridized carbons (Fsp3) is 0.130. The number of rotatable bonds is 4. The zero-order valence-electron chi connectivity index (χ0n) is 17.3. The molecule has 0 saturated carbocycles. The molecule has 3 aromatic carbocycles. The molecule has 4 aromatic rings. The Balaban J connectivity index is 1.78. The minimum absolute atomic E-state index is 0.0988. The molecule has 0 N–H and O–H groups in total. The van der Waals surface area contributed by atoms with Gasteiger partial charge in [-0.05, 0) is 55.1 Å². The summed E-state index contributed by atoms with van der Waals surface area (Å²) >= 11 is 6.06. The first kappa shape index (κ1) is 20.5. The smallest absolute Gasteiger partial charge is 0.274 e. The maximum Gasteiger partial charge on any atom is 0.274 e. The fourth-order valence-electron chi connectivity index (χ4n) is 4.23. The van der Waals surface area contributed by atoms with Crippen molar-refractivity contribution < 1.29 is 22.5 Å². The second-order valence-corrected chi connectivity index (χ2v) is 9.62. The van der Waals surface area contributed by atoms with Crippen molar-refractivity contribution in [1.29, 1.82) is 0 Å². The molecule has 0 atom stereocenters. The molecule has 0 aliphatic carbocycles. The molecule has 0 spiro atoms. The Hall–Kier alpha value is -3.36. The molecule has 2 heterocycles. The van der Waals surface area contributed by atoms with Gasteiger partial charge in [-0.3, -0.25) is 4.79 Å². The largest absolute Gasteiger partial charge is 0.495 e. The maximum absolute atomic E-state index is 13.6. The van der Waals surface area contributed by atoms with E-state index in [-0.39, 0.29) is 21.4 Å². The summed E-state index contributed by atoms with van der Waals surface area (Å²) in [4.78, 5) is 13.2. The topological polar surface area (TPSA) is 89.7 Å². The maximum atomic E-state index is 13.6. The van der Waals surface area contributed by atoms with E-state index in [0.717, 1.165) is 20.8 Å². The molecule has 0 bridgehead atoms. The molecule has 0 saturated heterocycles. The van der Waals surface area contributed by atoms with E-state index in [9.17, 15) is 13.2 Å². The van der Waals surface area contributed by atoms with E-state index in [2.05, 4.69) is 5.16 Å². The van der Waals surface area contributed by atoms with Crippen molar-refractivity contribution in [2.75, 3.05) is 11.4 Å². The van der Waals surface area contributed by atoms with Gasteiger partial charge in [0.15, 0.2) is 0 Å². The lowest BCUT2D eigenvalue weighted by Gasteiger charge is -2.20. The number of anilines is 1. The number of aryl methyl sites for hydroxylation is 2. The Bertz CT molecular complexity index is 1520. The van der Waals surface area contributed by atoms with Crippen LogP contribution in [0, 0.1) is 13.8 Å². The van der Waals surface area contributed by atoms with Crippen molar-refractivity contribution in [3.05, 3.63) is 70.6 Å². The number of hydrogen-bond acceptors (Lipinski definition) is 6. The lowest BCUT2D eigenvalue weighted by Crippen LogP contribution is -2.34. The second kappa shape index (κ2) is 7.08. The molecular formula is C23H17ClN2O5S. The SMILES string of the molecule is COc1ccc(Cl)cc1S(=O)(=O)N1C(=O)c2cccc3c(-c4c(C)noc4C)ccc1c23. The number of ether oxygens (including phenoxy) is 1. The Kier molecular flexibility index (Phi) is 4.54. The van der Waals surface area contributed by atoms with Gasteiger partial charge in [-0.25, -0.2) is 8.42 Å². The third kappa shape index (κ3) is 2.76. The molecular weight excluding hydrogens is 452 g/mol. The summed E-state index contributed by atoms with van der Waals surface area (Å²) in [6.07, 6.45) is 0. The lowest BCUT2D eigenvalue weighted by molar-refractivity contribution is 0.101. The molecule has 9 heteroatoms.